The van der Waals surface area contributed by atoms with E-state index in [2.05, 4.69) is 4.98 Å². The molecule has 0 unspecified atom stereocenters. The lowest BCUT2D eigenvalue weighted by molar-refractivity contribution is 0.0697. The fourth-order valence-corrected chi connectivity index (χ4v) is 2.29. The number of aromatic carboxylic acids is 1. The van der Waals surface area contributed by atoms with E-state index in [1.165, 1.54) is 24.5 Å². The van der Waals surface area contributed by atoms with Crippen LogP contribution in [0.25, 0.3) is 5.65 Å². The van der Waals surface area contributed by atoms with Gasteiger partial charge in [0.05, 0.1) is 23.2 Å². The topological polar surface area (TPSA) is 88.7 Å². The summed E-state index contributed by atoms with van der Waals surface area (Å²) in [6.45, 7) is 0. The van der Waals surface area contributed by atoms with Gasteiger partial charge in [0.2, 0.25) is 0 Å². The lowest BCUT2D eigenvalue weighted by Gasteiger charge is -2.01. The molecule has 0 saturated heterocycles. The molecule has 7 heteroatoms. The fraction of sp³-hybridized carbons (Fsp3) is 0.200. The molecule has 0 aliphatic heterocycles. The van der Waals surface area contributed by atoms with E-state index in [4.69, 9.17) is 5.11 Å². The third-order valence-electron chi connectivity index (χ3n) is 2.25. The van der Waals surface area contributed by atoms with Gasteiger partial charge in [-0.1, -0.05) is 0 Å². The highest BCUT2D eigenvalue weighted by Crippen LogP contribution is 2.11. The van der Waals surface area contributed by atoms with Crippen LogP contribution in [0.2, 0.25) is 0 Å². The Labute approximate surface area is 97.4 Å². The van der Waals surface area contributed by atoms with Crippen LogP contribution in [-0.2, 0) is 15.6 Å². The highest BCUT2D eigenvalue weighted by Gasteiger charge is 2.11. The van der Waals surface area contributed by atoms with Crippen molar-refractivity contribution in [3.05, 3.63) is 35.8 Å². The average molecular weight is 254 g/mol. The van der Waals surface area contributed by atoms with Crippen LogP contribution in [0.4, 0.5) is 0 Å². The van der Waals surface area contributed by atoms with Gasteiger partial charge in [-0.15, -0.1) is 0 Å². The number of aromatic nitrogens is 2. The minimum absolute atomic E-state index is 0.119. The molecule has 6 nitrogen and oxygen atoms in total. The van der Waals surface area contributed by atoms with Gasteiger partial charge < -0.3 is 9.51 Å². The Morgan fingerprint density at radius 2 is 2.24 bits per heavy atom. The molecule has 0 aromatic carbocycles. The van der Waals surface area contributed by atoms with Crippen molar-refractivity contribution in [1.29, 1.82) is 0 Å². The number of hydrogen-bond acceptors (Lipinski definition) is 4. The van der Waals surface area contributed by atoms with Gasteiger partial charge in [-0.2, -0.15) is 0 Å². The molecule has 0 saturated carbocycles. The normalized spacial score (nSPS) is 11.8. The lowest BCUT2D eigenvalue weighted by Crippen LogP contribution is -2.04. The molecule has 0 bridgehead atoms. The molecular weight excluding hydrogens is 244 g/mol. The number of fused-ring (bicyclic) bond motifs is 1. The number of carboxylic acids is 1. The first-order chi connectivity index (χ1) is 7.87. The van der Waals surface area contributed by atoms with Crippen LogP contribution in [0.5, 0.6) is 0 Å². The van der Waals surface area contributed by atoms with Crippen molar-refractivity contribution in [2.45, 2.75) is 5.75 Å². The molecule has 0 aliphatic carbocycles. The van der Waals surface area contributed by atoms with Crippen LogP contribution in [0, 0.1) is 0 Å². The Kier molecular flexibility index (Phi) is 2.62. The molecule has 17 heavy (non-hydrogen) atoms. The average Bonchev–Trinajstić information content (AvgIpc) is 2.58. The van der Waals surface area contributed by atoms with Crippen molar-refractivity contribution in [3.8, 4) is 0 Å². The second-order valence-electron chi connectivity index (χ2n) is 3.77. The van der Waals surface area contributed by atoms with Crippen LogP contribution in [0.15, 0.2) is 24.5 Å². The van der Waals surface area contributed by atoms with Crippen LogP contribution >= 0.6 is 0 Å². The predicted octanol–water partition coefficient (Wildman–Crippen LogP) is 0.577. The van der Waals surface area contributed by atoms with Crippen LogP contribution < -0.4 is 0 Å². The van der Waals surface area contributed by atoms with E-state index >= 15 is 0 Å². The van der Waals surface area contributed by atoms with Crippen LogP contribution in [0.1, 0.15) is 16.1 Å². The Morgan fingerprint density at radius 1 is 1.53 bits per heavy atom. The van der Waals surface area contributed by atoms with E-state index in [9.17, 15) is 13.2 Å². The monoisotopic (exact) mass is 254 g/mol. The Hall–Kier alpha value is -1.89. The lowest BCUT2D eigenvalue weighted by atomic mass is 10.3. The maximum absolute atomic E-state index is 11.2. The zero-order valence-electron chi connectivity index (χ0n) is 8.99. The number of pyridine rings is 1. The fourth-order valence-electron chi connectivity index (χ4n) is 1.54. The quantitative estimate of drug-likeness (QED) is 0.865. The molecule has 2 aromatic heterocycles. The maximum atomic E-state index is 11.2. The molecule has 0 spiro atoms. The number of carboxylic acid groups (broad SMARTS) is 1. The summed E-state index contributed by atoms with van der Waals surface area (Å²) in [7, 11) is -3.14. The summed E-state index contributed by atoms with van der Waals surface area (Å²) in [4.78, 5) is 14.7. The second kappa shape index (κ2) is 3.85. The molecule has 90 valence electrons. The van der Waals surface area contributed by atoms with E-state index in [0.29, 0.717) is 11.3 Å². The SMILES string of the molecule is CS(=O)(=O)Cc1cnc2cc(C(=O)O)ccn12. The van der Waals surface area contributed by atoms with E-state index in [1.54, 1.807) is 4.40 Å². The first kappa shape index (κ1) is 11.6. The summed E-state index contributed by atoms with van der Waals surface area (Å²) >= 11 is 0. The van der Waals surface area contributed by atoms with E-state index in [0.717, 1.165) is 6.26 Å². The van der Waals surface area contributed by atoms with Crippen molar-refractivity contribution in [2.75, 3.05) is 6.26 Å². The van der Waals surface area contributed by atoms with Gasteiger partial charge in [-0.05, 0) is 12.1 Å². The summed E-state index contributed by atoms with van der Waals surface area (Å²) in [5.41, 5.74) is 1.05. The van der Waals surface area contributed by atoms with Crippen molar-refractivity contribution in [2.24, 2.45) is 0 Å². The standard InChI is InChI=1S/C10H10N2O4S/c1-17(15,16)6-8-5-11-9-4-7(10(13)14)2-3-12(8)9/h2-5H,6H2,1H3,(H,13,14). The van der Waals surface area contributed by atoms with Crippen molar-refractivity contribution in [3.63, 3.8) is 0 Å². The number of carbonyl (C=O) groups is 1. The molecule has 0 aliphatic rings. The van der Waals surface area contributed by atoms with Gasteiger partial charge in [0.1, 0.15) is 5.65 Å². The molecule has 1 N–H and O–H groups in total. The van der Waals surface area contributed by atoms with Crippen molar-refractivity contribution in [1.82, 2.24) is 9.38 Å². The number of imidazole rings is 1. The molecule has 0 fully saturated rings. The highest BCUT2D eigenvalue weighted by molar-refractivity contribution is 7.89. The van der Waals surface area contributed by atoms with E-state index in [-0.39, 0.29) is 11.3 Å². The summed E-state index contributed by atoms with van der Waals surface area (Å²) in [5, 5.41) is 8.80. The predicted molar refractivity (Wildman–Crippen MR) is 60.7 cm³/mol. The molecule has 0 radical (unpaired) electrons. The Bertz CT molecular complexity index is 687. The summed E-state index contributed by atoms with van der Waals surface area (Å²) in [6, 6.07) is 2.80. The molecular formula is C10H10N2O4S. The Morgan fingerprint density at radius 3 is 2.82 bits per heavy atom. The summed E-state index contributed by atoms with van der Waals surface area (Å²) in [5.74, 6) is -1.17. The molecule has 0 atom stereocenters. The third kappa shape index (κ3) is 2.44. The first-order valence-electron chi connectivity index (χ1n) is 4.74. The largest absolute Gasteiger partial charge is 0.478 e. The smallest absolute Gasteiger partial charge is 0.335 e. The number of sulfone groups is 1. The zero-order chi connectivity index (χ0) is 12.6. The number of nitrogens with zero attached hydrogens (tertiary/aromatic N) is 2. The summed E-state index contributed by atoms with van der Waals surface area (Å²) in [6.07, 6.45) is 4.08. The van der Waals surface area contributed by atoms with Crippen molar-refractivity contribution >= 4 is 21.5 Å². The van der Waals surface area contributed by atoms with E-state index < -0.39 is 15.8 Å². The molecule has 2 aromatic rings. The van der Waals surface area contributed by atoms with Gasteiger partial charge in [-0.3, -0.25) is 0 Å². The minimum atomic E-state index is -3.14. The van der Waals surface area contributed by atoms with Crippen LogP contribution in [0.3, 0.4) is 0 Å². The van der Waals surface area contributed by atoms with E-state index in [1.807, 2.05) is 0 Å². The third-order valence-corrected chi connectivity index (χ3v) is 3.07. The number of rotatable bonds is 3. The van der Waals surface area contributed by atoms with Gasteiger partial charge in [0.15, 0.2) is 9.84 Å². The van der Waals surface area contributed by atoms with Gasteiger partial charge in [0.25, 0.3) is 0 Å². The van der Waals surface area contributed by atoms with Crippen LogP contribution in [-0.4, -0.2) is 35.1 Å². The first-order valence-corrected chi connectivity index (χ1v) is 6.80. The minimum Gasteiger partial charge on any atom is -0.478 e. The highest BCUT2D eigenvalue weighted by atomic mass is 32.2. The number of hydrogen-bond donors (Lipinski definition) is 1. The molecule has 2 rings (SSSR count). The van der Waals surface area contributed by atoms with Crippen molar-refractivity contribution < 1.29 is 18.3 Å². The van der Waals surface area contributed by atoms with Gasteiger partial charge in [0, 0.05) is 12.5 Å². The second-order valence-corrected chi connectivity index (χ2v) is 5.91. The zero-order valence-corrected chi connectivity index (χ0v) is 9.81. The molecule has 0 amide bonds. The van der Waals surface area contributed by atoms with Gasteiger partial charge in [-0.25, -0.2) is 18.2 Å². The Balaban J connectivity index is 2.52. The van der Waals surface area contributed by atoms with Gasteiger partial charge >= 0.3 is 5.97 Å². The maximum Gasteiger partial charge on any atom is 0.335 e. The molecule has 2 heterocycles. The summed E-state index contributed by atoms with van der Waals surface area (Å²) < 4.78 is 23.9.